The van der Waals surface area contributed by atoms with Crippen LogP contribution in [0.2, 0.25) is 0 Å². The standard InChI is InChI=1S/C26H23FN6O4S/c27-18-7-3-15(4-8-18)13-31-25(36)22(17-5-9-19(34)10-6-17)33(14-16-2-1-11-30-12-16)26(37)23-20(28)21(24(29)35)32-38-23/h1-12,22,34H,13-14,28H2,(H2,29,35)(H,31,36)/t22-/m0/s1. The quantitative estimate of drug-likeness (QED) is 0.256. The van der Waals surface area contributed by atoms with Crippen LogP contribution in [0.3, 0.4) is 0 Å². The Kier molecular flexibility index (Phi) is 7.92. The minimum absolute atomic E-state index is 0.0258. The highest BCUT2D eigenvalue weighted by molar-refractivity contribution is 7.09. The van der Waals surface area contributed by atoms with E-state index in [2.05, 4.69) is 14.7 Å². The van der Waals surface area contributed by atoms with Gasteiger partial charge in [-0.1, -0.05) is 30.3 Å². The number of aromatic nitrogens is 2. The van der Waals surface area contributed by atoms with E-state index in [1.165, 1.54) is 53.4 Å². The molecule has 38 heavy (non-hydrogen) atoms. The first-order chi connectivity index (χ1) is 18.2. The van der Waals surface area contributed by atoms with Crippen LogP contribution in [0.15, 0.2) is 73.1 Å². The van der Waals surface area contributed by atoms with Crippen LogP contribution in [-0.2, 0) is 17.9 Å². The van der Waals surface area contributed by atoms with Gasteiger partial charge in [-0.05, 0) is 58.6 Å². The van der Waals surface area contributed by atoms with Crippen molar-refractivity contribution in [2.75, 3.05) is 5.73 Å². The predicted molar refractivity (Wildman–Crippen MR) is 138 cm³/mol. The molecule has 4 aromatic rings. The molecule has 4 rings (SSSR count). The minimum atomic E-state index is -1.19. The van der Waals surface area contributed by atoms with Gasteiger partial charge in [-0.15, -0.1) is 0 Å². The Morgan fingerprint density at radius 3 is 2.37 bits per heavy atom. The lowest BCUT2D eigenvalue weighted by molar-refractivity contribution is -0.126. The third-order valence-electron chi connectivity index (χ3n) is 5.64. The molecule has 2 aromatic carbocycles. The number of hydrogen-bond donors (Lipinski definition) is 4. The molecule has 0 aliphatic heterocycles. The van der Waals surface area contributed by atoms with Crippen LogP contribution >= 0.6 is 11.5 Å². The summed E-state index contributed by atoms with van der Waals surface area (Å²) in [5.41, 5.74) is 12.6. The number of phenolic OH excluding ortho intramolecular Hbond substituents is 1. The highest BCUT2D eigenvalue weighted by atomic mass is 32.1. The number of pyridine rings is 1. The molecule has 6 N–H and O–H groups in total. The van der Waals surface area contributed by atoms with E-state index in [0.29, 0.717) is 28.2 Å². The fourth-order valence-corrected chi connectivity index (χ4v) is 4.51. The smallest absolute Gasteiger partial charge is 0.270 e. The molecule has 12 heteroatoms. The molecule has 0 bridgehead atoms. The molecule has 0 saturated heterocycles. The Morgan fingerprint density at radius 2 is 1.76 bits per heavy atom. The second kappa shape index (κ2) is 11.5. The molecular formula is C26H23FN6O4S. The van der Waals surface area contributed by atoms with E-state index < -0.39 is 29.6 Å². The maximum absolute atomic E-state index is 13.9. The molecule has 0 aliphatic rings. The Hall–Kier alpha value is -4.84. The number of nitrogens with zero attached hydrogens (tertiary/aromatic N) is 3. The van der Waals surface area contributed by atoms with Crippen molar-refractivity contribution < 1.29 is 23.9 Å². The number of phenols is 1. The first-order valence-corrected chi connectivity index (χ1v) is 12.1. The van der Waals surface area contributed by atoms with Gasteiger partial charge in [0.15, 0.2) is 5.69 Å². The molecule has 1 atom stereocenters. The van der Waals surface area contributed by atoms with E-state index in [4.69, 9.17) is 11.5 Å². The summed E-state index contributed by atoms with van der Waals surface area (Å²) in [5.74, 6) is -2.53. The first kappa shape index (κ1) is 26.2. The van der Waals surface area contributed by atoms with Crippen molar-refractivity contribution >= 4 is 34.9 Å². The molecule has 194 valence electrons. The predicted octanol–water partition coefficient (Wildman–Crippen LogP) is 2.76. The van der Waals surface area contributed by atoms with Crippen molar-refractivity contribution in [3.63, 3.8) is 0 Å². The fourth-order valence-electron chi connectivity index (χ4n) is 3.75. The fraction of sp³-hybridized carbons (Fsp3) is 0.115. The van der Waals surface area contributed by atoms with Crippen molar-refractivity contribution in [3.8, 4) is 5.75 Å². The number of nitrogens with one attached hydrogen (secondary N) is 1. The third kappa shape index (κ3) is 5.93. The van der Waals surface area contributed by atoms with Gasteiger partial charge in [-0.25, -0.2) is 4.39 Å². The molecule has 0 saturated carbocycles. The summed E-state index contributed by atoms with van der Waals surface area (Å²) in [5, 5.41) is 12.6. The lowest BCUT2D eigenvalue weighted by Crippen LogP contribution is -2.43. The number of aromatic hydroxyl groups is 1. The van der Waals surface area contributed by atoms with E-state index >= 15 is 0 Å². The first-order valence-electron chi connectivity index (χ1n) is 11.3. The van der Waals surface area contributed by atoms with Gasteiger partial charge < -0.3 is 26.8 Å². The lowest BCUT2D eigenvalue weighted by Gasteiger charge is -2.31. The average molecular weight is 535 g/mol. The minimum Gasteiger partial charge on any atom is -0.508 e. The van der Waals surface area contributed by atoms with E-state index in [9.17, 15) is 23.9 Å². The van der Waals surface area contributed by atoms with E-state index in [0.717, 1.165) is 0 Å². The van der Waals surface area contributed by atoms with Crippen LogP contribution in [0.25, 0.3) is 0 Å². The molecular weight excluding hydrogens is 511 g/mol. The maximum atomic E-state index is 13.9. The normalized spacial score (nSPS) is 11.5. The topological polar surface area (TPSA) is 165 Å². The lowest BCUT2D eigenvalue weighted by atomic mass is 10.0. The SMILES string of the molecule is NC(=O)c1nsc(C(=O)N(Cc2cccnc2)[C@H](C(=O)NCc2ccc(F)cc2)c2ccc(O)cc2)c1N. The number of nitrogens with two attached hydrogens (primary N) is 2. The number of rotatable bonds is 9. The number of anilines is 1. The van der Waals surface area contributed by atoms with Crippen LogP contribution in [0.5, 0.6) is 5.75 Å². The van der Waals surface area contributed by atoms with Crippen LogP contribution in [0.1, 0.15) is 42.9 Å². The highest BCUT2D eigenvalue weighted by Crippen LogP contribution is 2.31. The zero-order chi connectivity index (χ0) is 27.2. The van der Waals surface area contributed by atoms with Crippen molar-refractivity contribution in [3.05, 3.63) is 106 Å². The molecule has 0 spiro atoms. The van der Waals surface area contributed by atoms with Gasteiger partial charge in [0.2, 0.25) is 5.91 Å². The number of amides is 3. The number of hydrogen-bond acceptors (Lipinski definition) is 8. The summed E-state index contributed by atoms with van der Waals surface area (Å²) >= 11 is 0.700. The zero-order valence-corrected chi connectivity index (χ0v) is 20.7. The number of carbonyl (C=O) groups is 3. The van der Waals surface area contributed by atoms with Crippen LogP contribution in [0, 0.1) is 5.82 Å². The third-order valence-corrected chi connectivity index (χ3v) is 6.49. The molecule has 0 radical (unpaired) electrons. The second-order valence-corrected chi connectivity index (χ2v) is 9.04. The van der Waals surface area contributed by atoms with Crippen molar-refractivity contribution in [2.24, 2.45) is 5.73 Å². The number of nitrogen functional groups attached to an aromatic ring is 1. The summed E-state index contributed by atoms with van der Waals surface area (Å²) < 4.78 is 17.2. The van der Waals surface area contributed by atoms with Gasteiger partial charge >= 0.3 is 0 Å². The monoisotopic (exact) mass is 534 g/mol. The summed E-state index contributed by atoms with van der Waals surface area (Å²) in [4.78, 5) is 44.5. The average Bonchev–Trinajstić information content (AvgIpc) is 3.30. The van der Waals surface area contributed by atoms with Crippen molar-refractivity contribution in [2.45, 2.75) is 19.1 Å². The molecule has 0 aliphatic carbocycles. The summed E-state index contributed by atoms with van der Waals surface area (Å²) in [7, 11) is 0. The van der Waals surface area contributed by atoms with E-state index in [1.54, 1.807) is 24.5 Å². The second-order valence-electron chi connectivity index (χ2n) is 8.27. The summed E-state index contributed by atoms with van der Waals surface area (Å²) in [6.07, 6.45) is 3.12. The molecule has 3 amide bonds. The van der Waals surface area contributed by atoms with Crippen LogP contribution < -0.4 is 16.8 Å². The molecule has 10 nitrogen and oxygen atoms in total. The Morgan fingerprint density at radius 1 is 1.05 bits per heavy atom. The number of carbonyl (C=O) groups excluding carboxylic acids is 3. The summed E-state index contributed by atoms with van der Waals surface area (Å²) in [6, 6.07) is 13.7. The zero-order valence-electron chi connectivity index (χ0n) is 19.9. The molecule has 0 fully saturated rings. The van der Waals surface area contributed by atoms with Crippen LogP contribution in [0.4, 0.5) is 10.1 Å². The van der Waals surface area contributed by atoms with E-state index in [-0.39, 0.29) is 35.1 Å². The van der Waals surface area contributed by atoms with Gasteiger partial charge in [-0.3, -0.25) is 19.4 Å². The largest absolute Gasteiger partial charge is 0.508 e. The van der Waals surface area contributed by atoms with Crippen molar-refractivity contribution in [1.29, 1.82) is 0 Å². The number of halogens is 1. The number of primary amides is 1. The molecule has 2 heterocycles. The summed E-state index contributed by atoms with van der Waals surface area (Å²) in [6.45, 7) is 0.0164. The van der Waals surface area contributed by atoms with Gasteiger partial charge in [0.1, 0.15) is 22.5 Å². The van der Waals surface area contributed by atoms with Crippen LogP contribution in [-0.4, -0.2) is 37.1 Å². The molecule has 0 unspecified atom stereocenters. The highest BCUT2D eigenvalue weighted by Gasteiger charge is 2.35. The maximum Gasteiger partial charge on any atom is 0.270 e. The van der Waals surface area contributed by atoms with Gasteiger partial charge in [0.25, 0.3) is 11.8 Å². The van der Waals surface area contributed by atoms with E-state index in [1.807, 2.05) is 0 Å². The van der Waals surface area contributed by atoms with Crippen molar-refractivity contribution in [1.82, 2.24) is 19.6 Å². The molecule has 2 aromatic heterocycles. The van der Waals surface area contributed by atoms with Gasteiger partial charge in [0, 0.05) is 25.5 Å². The Bertz CT molecular complexity index is 1450. The van der Waals surface area contributed by atoms with Gasteiger partial charge in [-0.2, -0.15) is 4.37 Å². The number of benzene rings is 2. The Labute approximate surface area is 220 Å². The Balaban J connectivity index is 1.75. The van der Waals surface area contributed by atoms with Gasteiger partial charge in [0.05, 0.1) is 5.69 Å².